The number of amides is 2. The minimum absolute atomic E-state index is 0.0118. The molecule has 0 heterocycles. The van der Waals surface area contributed by atoms with Crippen molar-refractivity contribution in [3.05, 3.63) is 58.9 Å². The average Bonchev–Trinajstić information content (AvgIpc) is 2.72. The standard InChI is InChI=1S/C22H22F4N2O4/c1-13-18(23)10-16(21(31)27-12-22(24,25)26)11-19(13)28-20(30)7-4-8-32-17-6-3-5-15(9-17)14(2)29/h3,5-6,9-11H,4,7-8,12H2,1-2H3,(H,27,31)(H,28,30). The molecule has 0 unspecified atom stereocenters. The van der Waals surface area contributed by atoms with Crippen LogP contribution < -0.4 is 15.4 Å². The number of carbonyl (C=O) groups is 3. The van der Waals surface area contributed by atoms with Crippen molar-refractivity contribution in [1.29, 1.82) is 0 Å². The highest BCUT2D eigenvalue weighted by Gasteiger charge is 2.28. The molecule has 0 bridgehead atoms. The molecule has 6 nitrogen and oxygen atoms in total. The molecule has 32 heavy (non-hydrogen) atoms. The maximum Gasteiger partial charge on any atom is 0.405 e. The van der Waals surface area contributed by atoms with Crippen LogP contribution in [0.15, 0.2) is 36.4 Å². The van der Waals surface area contributed by atoms with Gasteiger partial charge in [-0.15, -0.1) is 0 Å². The number of benzene rings is 2. The Balaban J connectivity index is 1.92. The lowest BCUT2D eigenvalue weighted by Crippen LogP contribution is -2.33. The molecule has 2 aromatic carbocycles. The van der Waals surface area contributed by atoms with Crippen molar-refractivity contribution in [2.24, 2.45) is 0 Å². The van der Waals surface area contributed by atoms with Crippen LogP contribution in [0, 0.1) is 12.7 Å². The molecule has 0 saturated heterocycles. The van der Waals surface area contributed by atoms with E-state index in [0.29, 0.717) is 17.7 Å². The fourth-order valence-electron chi connectivity index (χ4n) is 2.66. The second kappa shape index (κ2) is 10.7. The van der Waals surface area contributed by atoms with Gasteiger partial charge in [-0.05, 0) is 44.5 Å². The van der Waals surface area contributed by atoms with Gasteiger partial charge in [0.05, 0.1) is 6.61 Å². The molecule has 2 amide bonds. The largest absolute Gasteiger partial charge is 0.494 e. The van der Waals surface area contributed by atoms with E-state index in [0.717, 1.165) is 12.1 Å². The van der Waals surface area contributed by atoms with E-state index in [-0.39, 0.29) is 35.6 Å². The molecule has 0 saturated carbocycles. The maximum absolute atomic E-state index is 14.1. The van der Waals surface area contributed by atoms with Gasteiger partial charge in [0.25, 0.3) is 5.91 Å². The third-order valence-corrected chi connectivity index (χ3v) is 4.39. The molecule has 2 N–H and O–H groups in total. The second-order valence-electron chi connectivity index (χ2n) is 7.01. The van der Waals surface area contributed by atoms with Crippen molar-refractivity contribution < 1.29 is 36.7 Å². The molecule has 0 fully saturated rings. The Labute approximate surface area is 181 Å². The molecule has 0 aliphatic heterocycles. The first-order chi connectivity index (χ1) is 15.0. The van der Waals surface area contributed by atoms with Gasteiger partial charge in [-0.25, -0.2) is 4.39 Å². The Bertz CT molecular complexity index is 1010. The van der Waals surface area contributed by atoms with E-state index in [1.54, 1.807) is 29.6 Å². The number of hydrogen-bond acceptors (Lipinski definition) is 4. The number of hydrogen-bond donors (Lipinski definition) is 2. The molecule has 0 atom stereocenters. The van der Waals surface area contributed by atoms with Crippen molar-refractivity contribution in [2.45, 2.75) is 32.9 Å². The number of Topliss-reactive ketones (excluding diaryl/α,β-unsaturated/α-hetero) is 1. The number of rotatable bonds is 9. The molecule has 0 spiro atoms. The number of nitrogens with one attached hydrogen (secondary N) is 2. The molecule has 10 heteroatoms. The zero-order valence-electron chi connectivity index (χ0n) is 17.4. The van der Waals surface area contributed by atoms with Gasteiger partial charge in [0.15, 0.2) is 5.78 Å². The summed E-state index contributed by atoms with van der Waals surface area (Å²) in [5.41, 5.74) is 0.184. The summed E-state index contributed by atoms with van der Waals surface area (Å²) >= 11 is 0. The first kappa shape index (κ1) is 24.8. The van der Waals surface area contributed by atoms with Crippen LogP contribution in [0.2, 0.25) is 0 Å². The van der Waals surface area contributed by atoms with Crippen molar-refractivity contribution in [2.75, 3.05) is 18.5 Å². The van der Waals surface area contributed by atoms with E-state index >= 15 is 0 Å². The van der Waals surface area contributed by atoms with Crippen LogP contribution in [0.25, 0.3) is 0 Å². The SMILES string of the molecule is CC(=O)c1cccc(OCCCC(=O)Nc2cc(C(=O)NCC(F)(F)F)cc(F)c2C)c1. The predicted octanol–water partition coefficient (Wildman–Crippen LogP) is 4.43. The van der Waals surface area contributed by atoms with E-state index in [4.69, 9.17) is 4.74 Å². The number of ketones is 1. The van der Waals surface area contributed by atoms with Crippen molar-refractivity contribution in [3.8, 4) is 5.75 Å². The van der Waals surface area contributed by atoms with Gasteiger partial charge >= 0.3 is 6.18 Å². The Kier molecular flexibility index (Phi) is 8.34. The summed E-state index contributed by atoms with van der Waals surface area (Å²) in [4.78, 5) is 35.4. The summed E-state index contributed by atoms with van der Waals surface area (Å²) in [7, 11) is 0. The number of halogens is 4. The van der Waals surface area contributed by atoms with E-state index in [1.165, 1.54) is 13.8 Å². The quantitative estimate of drug-likeness (QED) is 0.334. The third-order valence-electron chi connectivity index (χ3n) is 4.39. The molecule has 0 aromatic heterocycles. The molecule has 172 valence electrons. The number of ether oxygens (including phenoxy) is 1. The highest BCUT2D eigenvalue weighted by Crippen LogP contribution is 2.22. The first-order valence-electron chi connectivity index (χ1n) is 9.65. The molecule has 2 aromatic rings. The van der Waals surface area contributed by atoms with E-state index in [2.05, 4.69) is 5.32 Å². The third kappa shape index (κ3) is 7.68. The second-order valence-corrected chi connectivity index (χ2v) is 7.01. The molecular formula is C22H22F4N2O4. The zero-order chi connectivity index (χ0) is 23.9. The maximum atomic E-state index is 14.1. The van der Waals surface area contributed by atoms with Crippen LogP contribution in [-0.4, -0.2) is 36.9 Å². The highest BCUT2D eigenvalue weighted by molar-refractivity contribution is 5.98. The van der Waals surface area contributed by atoms with Crippen LogP contribution in [-0.2, 0) is 4.79 Å². The van der Waals surface area contributed by atoms with Crippen molar-refractivity contribution in [1.82, 2.24) is 5.32 Å². The monoisotopic (exact) mass is 454 g/mol. The molecular weight excluding hydrogens is 432 g/mol. The lowest BCUT2D eigenvalue weighted by molar-refractivity contribution is -0.123. The summed E-state index contributed by atoms with van der Waals surface area (Å²) in [6.07, 6.45) is -4.28. The normalized spacial score (nSPS) is 11.1. The lowest BCUT2D eigenvalue weighted by atomic mass is 10.1. The summed E-state index contributed by atoms with van der Waals surface area (Å²) in [5.74, 6) is -2.06. The topological polar surface area (TPSA) is 84.5 Å². The van der Waals surface area contributed by atoms with Gasteiger partial charge in [0.1, 0.15) is 18.1 Å². The van der Waals surface area contributed by atoms with Crippen LogP contribution in [0.4, 0.5) is 23.2 Å². The molecule has 0 aliphatic rings. The van der Waals surface area contributed by atoms with Crippen LogP contribution in [0.3, 0.4) is 0 Å². The smallest absolute Gasteiger partial charge is 0.405 e. The molecule has 2 rings (SSSR count). The van der Waals surface area contributed by atoms with Gasteiger partial charge in [-0.2, -0.15) is 13.2 Å². The minimum Gasteiger partial charge on any atom is -0.494 e. The Hall–Kier alpha value is -3.43. The van der Waals surface area contributed by atoms with E-state index in [1.807, 2.05) is 0 Å². The average molecular weight is 454 g/mol. The van der Waals surface area contributed by atoms with Gasteiger partial charge in [-0.3, -0.25) is 14.4 Å². The Morgan fingerprint density at radius 2 is 1.78 bits per heavy atom. The summed E-state index contributed by atoms with van der Waals surface area (Å²) in [6.45, 7) is 1.43. The van der Waals surface area contributed by atoms with E-state index < -0.39 is 30.4 Å². The Morgan fingerprint density at radius 1 is 1.06 bits per heavy atom. The van der Waals surface area contributed by atoms with Gasteiger partial charge in [-0.1, -0.05) is 12.1 Å². The predicted molar refractivity (Wildman–Crippen MR) is 109 cm³/mol. The number of alkyl halides is 3. The molecule has 0 radical (unpaired) electrons. The highest BCUT2D eigenvalue weighted by atomic mass is 19.4. The zero-order valence-corrected chi connectivity index (χ0v) is 17.4. The lowest BCUT2D eigenvalue weighted by Gasteiger charge is -2.13. The fourth-order valence-corrected chi connectivity index (χ4v) is 2.66. The summed E-state index contributed by atoms with van der Waals surface area (Å²) in [6, 6.07) is 8.51. The molecule has 0 aliphatic carbocycles. The minimum atomic E-state index is -4.61. The van der Waals surface area contributed by atoms with Gasteiger partial charge in [0.2, 0.25) is 5.91 Å². The van der Waals surface area contributed by atoms with Crippen LogP contribution in [0.5, 0.6) is 5.75 Å². The van der Waals surface area contributed by atoms with Crippen molar-refractivity contribution in [3.63, 3.8) is 0 Å². The van der Waals surface area contributed by atoms with Crippen molar-refractivity contribution >= 4 is 23.3 Å². The first-order valence-corrected chi connectivity index (χ1v) is 9.65. The van der Waals surface area contributed by atoms with Gasteiger partial charge in [0, 0.05) is 28.8 Å². The summed E-state index contributed by atoms with van der Waals surface area (Å²) in [5, 5.41) is 4.11. The van der Waals surface area contributed by atoms with Gasteiger partial charge < -0.3 is 15.4 Å². The fraction of sp³-hybridized carbons (Fsp3) is 0.318. The van der Waals surface area contributed by atoms with Crippen LogP contribution >= 0.6 is 0 Å². The number of carbonyl (C=O) groups excluding carboxylic acids is 3. The Morgan fingerprint density at radius 3 is 2.44 bits per heavy atom. The van der Waals surface area contributed by atoms with Crippen LogP contribution in [0.1, 0.15) is 46.0 Å². The van der Waals surface area contributed by atoms with E-state index in [9.17, 15) is 31.9 Å². The summed E-state index contributed by atoms with van der Waals surface area (Å²) < 4.78 is 56.4. The number of anilines is 1.